The lowest BCUT2D eigenvalue weighted by atomic mass is 9.79. The number of para-hydroxylation sites is 1. The van der Waals surface area contributed by atoms with Crippen molar-refractivity contribution < 1.29 is 4.74 Å². The lowest BCUT2D eigenvalue weighted by Gasteiger charge is -2.42. The van der Waals surface area contributed by atoms with Gasteiger partial charge in [0, 0.05) is 37.7 Å². The highest BCUT2D eigenvalue weighted by Gasteiger charge is 2.35. The summed E-state index contributed by atoms with van der Waals surface area (Å²) < 4.78 is 6.19. The van der Waals surface area contributed by atoms with Crippen LogP contribution < -0.4 is 10.5 Å². The maximum Gasteiger partial charge on any atom is 0.127 e. The predicted octanol–water partition coefficient (Wildman–Crippen LogP) is 3.38. The third-order valence-corrected chi connectivity index (χ3v) is 4.96. The number of piperidine rings is 1. The number of benzene rings is 1. The molecule has 2 aliphatic rings. The van der Waals surface area contributed by atoms with Gasteiger partial charge in [0.15, 0.2) is 0 Å². The molecule has 1 saturated heterocycles. The van der Waals surface area contributed by atoms with E-state index in [-0.39, 0.29) is 23.4 Å². The monoisotopic (exact) mass is 324 g/mol. The van der Waals surface area contributed by atoms with Crippen LogP contribution in [-0.4, -0.2) is 29.6 Å². The Morgan fingerprint density at radius 2 is 2.00 bits per heavy atom. The molecule has 2 heterocycles. The van der Waals surface area contributed by atoms with Gasteiger partial charge in [-0.2, -0.15) is 0 Å². The van der Waals surface area contributed by atoms with Crippen LogP contribution in [0, 0.1) is 5.41 Å². The van der Waals surface area contributed by atoms with Gasteiger partial charge < -0.3 is 10.5 Å². The number of rotatable bonds is 2. The first-order chi connectivity index (χ1) is 9.77. The van der Waals surface area contributed by atoms with Crippen LogP contribution in [0.15, 0.2) is 18.2 Å². The molecule has 0 radical (unpaired) electrons. The number of likely N-dealkylation sites (tertiary alicyclic amines) is 1. The van der Waals surface area contributed by atoms with E-state index in [2.05, 4.69) is 50.8 Å². The van der Waals surface area contributed by atoms with Gasteiger partial charge in [0.2, 0.25) is 0 Å². The van der Waals surface area contributed by atoms with Crippen molar-refractivity contribution in [3.63, 3.8) is 0 Å². The molecule has 22 heavy (non-hydrogen) atoms. The Balaban J connectivity index is 0.00000176. The fourth-order valence-corrected chi connectivity index (χ4v) is 3.66. The second-order valence-corrected chi connectivity index (χ2v) is 8.04. The Labute approximate surface area is 140 Å². The van der Waals surface area contributed by atoms with Gasteiger partial charge in [-0.25, -0.2) is 0 Å². The zero-order valence-electron chi connectivity index (χ0n) is 14.2. The summed E-state index contributed by atoms with van der Waals surface area (Å²) in [4.78, 5) is 2.52. The summed E-state index contributed by atoms with van der Waals surface area (Å²) in [5, 5.41) is 0. The molecule has 4 heteroatoms. The van der Waals surface area contributed by atoms with Crippen LogP contribution in [0.5, 0.6) is 5.75 Å². The quantitative estimate of drug-likeness (QED) is 0.906. The van der Waals surface area contributed by atoms with Crippen LogP contribution in [-0.2, 0) is 13.0 Å². The van der Waals surface area contributed by atoms with Crippen LogP contribution in [0.1, 0.15) is 45.2 Å². The van der Waals surface area contributed by atoms with Gasteiger partial charge in [-0.3, -0.25) is 4.90 Å². The van der Waals surface area contributed by atoms with E-state index >= 15 is 0 Å². The zero-order valence-corrected chi connectivity index (χ0v) is 15.0. The van der Waals surface area contributed by atoms with Crippen molar-refractivity contribution in [3.8, 4) is 5.75 Å². The van der Waals surface area contributed by atoms with Crippen LogP contribution in [0.4, 0.5) is 0 Å². The molecule has 1 aromatic rings. The Morgan fingerprint density at radius 3 is 2.68 bits per heavy atom. The molecule has 1 fully saturated rings. The van der Waals surface area contributed by atoms with Gasteiger partial charge >= 0.3 is 0 Å². The molecule has 0 saturated carbocycles. The lowest BCUT2D eigenvalue weighted by molar-refractivity contribution is 0.0870. The highest BCUT2D eigenvalue weighted by Crippen LogP contribution is 2.38. The summed E-state index contributed by atoms with van der Waals surface area (Å²) in [5.41, 5.74) is 9.04. The number of nitrogens with zero attached hydrogens (tertiary/aromatic N) is 1. The van der Waals surface area contributed by atoms with Crippen molar-refractivity contribution in [2.24, 2.45) is 11.1 Å². The van der Waals surface area contributed by atoms with Crippen molar-refractivity contribution in [2.45, 2.75) is 58.7 Å². The number of ether oxygens (including phenoxy) is 1. The van der Waals surface area contributed by atoms with Gasteiger partial charge in [-0.05, 0) is 31.2 Å². The minimum Gasteiger partial charge on any atom is -0.487 e. The standard InChI is InChI=1S/C18H28N2O.ClH/c1-17(2)12-20(9-8-15(17)19)11-14-7-5-6-13-10-18(3,4)21-16(13)14;/h5-7,15H,8-12,19H2,1-4H3;1H. The largest absolute Gasteiger partial charge is 0.487 e. The number of fused-ring (bicyclic) bond motifs is 1. The molecule has 2 N–H and O–H groups in total. The molecule has 3 nitrogen and oxygen atoms in total. The fraction of sp³-hybridized carbons (Fsp3) is 0.667. The average Bonchev–Trinajstić information content (AvgIpc) is 2.69. The van der Waals surface area contributed by atoms with Crippen LogP contribution in [0.2, 0.25) is 0 Å². The second kappa shape index (κ2) is 6.03. The van der Waals surface area contributed by atoms with Gasteiger partial charge in [0.1, 0.15) is 11.4 Å². The summed E-state index contributed by atoms with van der Waals surface area (Å²) in [6.45, 7) is 12.0. The first kappa shape index (κ1) is 17.6. The molecule has 0 aromatic heterocycles. The Bertz CT molecular complexity index is 542. The molecular formula is C18H29ClN2O. The van der Waals surface area contributed by atoms with E-state index in [1.165, 1.54) is 11.1 Å². The van der Waals surface area contributed by atoms with Gasteiger partial charge in [0.05, 0.1) is 0 Å². The third-order valence-electron chi connectivity index (χ3n) is 4.96. The van der Waals surface area contributed by atoms with E-state index in [9.17, 15) is 0 Å². The van der Waals surface area contributed by atoms with Crippen molar-refractivity contribution in [1.82, 2.24) is 4.90 Å². The molecule has 1 atom stereocenters. The van der Waals surface area contributed by atoms with Crippen molar-refractivity contribution in [2.75, 3.05) is 13.1 Å². The van der Waals surface area contributed by atoms with Crippen molar-refractivity contribution in [3.05, 3.63) is 29.3 Å². The summed E-state index contributed by atoms with van der Waals surface area (Å²) in [7, 11) is 0. The molecule has 0 amide bonds. The second-order valence-electron chi connectivity index (χ2n) is 8.04. The highest BCUT2D eigenvalue weighted by molar-refractivity contribution is 5.85. The predicted molar refractivity (Wildman–Crippen MR) is 93.8 cm³/mol. The minimum atomic E-state index is -0.0675. The van der Waals surface area contributed by atoms with E-state index < -0.39 is 0 Å². The topological polar surface area (TPSA) is 38.5 Å². The first-order valence-electron chi connectivity index (χ1n) is 8.05. The SMILES string of the molecule is CC1(C)Cc2cccc(CN3CCC(N)C(C)(C)C3)c2O1.Cl. The molecule has 0 bridgehead atoms. The summed E-state index contributed by atoms with van der Waals surface area (Å²) in [6, 6.07) is 6.89. The summed E-state index contributed by atoms with van der Waals surface area (Å²) in [5.74, 6) is 1.12. The molecule has 1 unspecified atom stereocenters. The normalized spacial score (nSPS) is 26.0. The number of nitrogens with two attached hydrogens (primary N) is 1. The van der Waals surface area contributed by atoms with E-state index in [0.29, 0.717) is 6.04 Å². The Hall–Kier alpha value is -0.770. The molecule has 3 rings (SSSR count). The van der Waals surface area contributed by atoms with E-state index in [1.54, 1.807) is 0 Å². The number of hydrogen-bond acceptors (Lipinski definition) is 3. The summed E-state index contributed by atoms with van der Waals surface area (Å²) in [6.07, 6.45) is 2.08. The zero-order chi connectivity index (χ0) is 15.3. The first-order valence-corrected chi connectivity index (χ1v) is 8.05. The van der Waals surface area contributed by atoms with Crippen molar-refractivity contribution >= 4 is 12.4 Å². The molecule has 124 valence electrons. The molecule has 0 aliphatic carbocycles. The van der Waals surface area contributed by atoms with Gasteiger partial charge in [-0.1, -0.05) is 32.0 Å². The molecular weight excluding hydrogens is 296 g/mol. The van der Waals surface area contributed by atoms with Crippen molar-refractivity contribution in [1.29, 1.82) is 0 Å². The average molecular weight is 325 g/mol. The maximum atomic E-state index is 6.24. The van der Waals surface area contributed by atoms with E-state index in [4.69, 9.17) is 10.5 Å². The smallest absolute Gasteiger partial charge is 0.127 e. The van der Waals surface area contributed by atoms with Crippen LogP contribution in [0.25, 0.3) is 0 Å². The third kappa shape index (κ3) is 3.42. The van der Waals surface area contributed by atoms with E-state index in [1.807, 2.05) is 0 Å². The molecule has 2 aliphatic heterocycles. The van der Waals surface area contributed by atoms with Gasteiger partial charge in [0.25, 0.3) is 0 Å². The van der Waals surface area contributed by atoms with Gasteiger partial charge in [-0.15, -0.1) is 12.4 Å². The minimum absolute atomic E-state index is 0. The molecule has 0 spiro atoms. The molecule has 1 aromatic carbocycles. The van der Waals surface area contributed by atoms with E-state index in [0.717, 1.165) is 38.2 Å². The summed E-state index contributed by atoms with van der Waals surface area (Å²) >= 11 is 0. The number of hydrogen-bond donors (Lipinski definition) is 1. The maximum absolute atomic E-state index is 6.24. The van der Waals surface area contributed by atoms with Crippen LogP contribution in [0.3, 0.4) is 0 Å². The highest BCUT2D eigenvalue weighted by atomic mass is 35.5. The fourth-order valence-electron chi connectivity index (χ4n) is 3.66. The number of halogens is 1. The Kier molecular flexibility index (Phi) is 4.82. The Morgan fingerprint density at radius 1 is 1.27 bits per heavy atom. The van der Waals surface area contributed by atoms with Crippen LogP contribution >= 0.6 is 12.4 Å². The lowest BCUT2D eigenvalue weighted by Crippen LogP contribution is -2.52.